The van der Waals surface area contributed by atoms with Crippen molar-refractivity contribution in [3.05, 3.63) is 0 Å². The molecule has 4 N–H and O–H groups in total. The van der Waals surface area contributed by atoms with Crippen LogP contribution in [0.2, 0.25) is 0 Å². The molecule has 0 aromatic rings. The van der Waals surface area contributed by atoms with Gasteiger partial charge >= 0.3 is 5.97 Å². The molecule has 0 saturated heterocycles. The van der Waals surface area contributed by atoms with Crippen LogP contribution in [-0.4, -0.2) is 44.7 Å². The molecule has 11 atom stereocenters. The summed E-state index contributed by atoms with van der Waals surface area (Å²) in [4.78, 5) is 11.1. The molecule has 0 aromatic carbocycles. The number of hydrogen-bond acceptors (Lipinski definition) is 4. The molecule has 0 spiro atoms. The number of aliphatic hydroxyl groups excluding tert-OH is 3. The van der Waals surface area contributed by atoms with Gasteiger partial charge in [-0.1, -0.05) is 20.8 Å². The zero-order valence-corrected chi connectivity index (χ0v) is 18.3. The van der Waals surface area contributed by atoms with Gasteiger partial charge in [-0.05, 0) is 97.7 Å². The normalized spacial score (nSPS) is 52.9. The molecule has 4 aliphatic rings. The van der Waals surface area contributed by atoms with Gasteiger partial charge in [0.05, 0.1) is 18.3 Å². The number of carbonyl (C=O) groups is 1. The minimum atomic E-state index is -0.748. The molecule has 4 fully saturated rings. The number of aliphatic carboxylic acids is 1. The van der Waals surface area contributed by atoms with Crippen molar-refractivity contribution in [3.8, 4) is 0 Å². The van der Waals surface area contributed by atoms with Crippen LogP contribution >= 0.6 is 0 Å². The first kappa shape index (κ1) is 21.6. The van der Waals surface area contributed by atoms with Crippen LogP contribution in [0, 0.1) is 46.3 Å². The van der Waals surface area contributed by atoms with E-state index in [2.05, 4.69) is 20.8 Å². The second-order valence-electron chi connectivity index (χ2n) is 11.4. The van der Waals surface area contributed by atoms with Crippen LogP contribution in [0.1, 0.15) is 78.6 Å². The number of carboxylic acid groups (broad SMARTS) is 1. The number of fused-ring (bicyclic) bond motifs is 5. The van der Waals surface area contributed by atoms with Gasteiger partial charge in [-0.25, -0.2) is 0 Å². The summed E-state index contributed by atoms with van der Waals surface area (Å²) < 4.78 is 0. The highest BCUT2D eigenvalue weighted by Gasteiger charge is 2.65. The van der Waals surface area contributed by atoms with E-state index in [0.29, 0.717) is 30.1 Å². The quantitative estimate of drug-likeness (QED) is 0.571. The largest absolute Gasteiger partial charge is 0.481 e. The van der Waals surface area contributed by atoms with E-state index >= 15 is 0 Å². The Hall–Kier alpha value is -0.650. The molecule has 0 amide bonds. The summed E-state index contributed by atoms with van der Waals surface area (Å²) in [5, 5.41) is 42.0. The van der Waals surface area contributed by atoms with Crippen LogP contribution in [0.25, 0.3) is 0 Å². The molecular weight excluding hydrogens is 368 g/mol. The lowest BCUT2D eigenvalue weighted by Crippen LogP contribution is -2.62. The Labute approximate surface area is 174 Å². The lowest BCUT2D eigenvalue weighted by Gasteiger charge is -2.63. The Morgan fingerprint density at radius 1 is 1.03 bits per heavy atom. The summed E-state index contributed by atoms with van der Waals surface area (Å²) >= 11 is 0. The molecule has 0 unspecified atom stereocenters. The predicted molar refractivity (Wildman–Crippen MR) is 110 cm³/mol. The summed E-state index contributed by atoms with van der Waals surface area (Å²) in [6.07, 6.45) is 6.00. The van der Waals surface area contributed by atoms with Crippen LogP contribution in [0.4, 0.5) is 0 Å². The Balaban J connectivity index is 1.61. The molecule has 0 radical (unpaired) electrons. The van der Waals surface area contributed by atoms with Gasteiger partial charge in [0.25, 0.3) is 0 Å². The van der Waals surface area contributed by atoms with E-state index in [1.807, 2.05) is 0 Å². The Morgan fingerprint density at radius 3 is 2.45 bits per heavy atom. The smallest absolute Gasteiger partial charge is 0.303 e. The van der Waals surface area contributed by atoms with Gasteiger partial charge in [0, 0.05) is 6.42 Å². The lowest BCUT2D eigenvalue weighted by atomic mass is 9.43. The maximum Gasteiger partial charge on any atom is 0.303 e. The third-order valence-corrected chi connectivity index (χ3v) is 10.3. The van der Waals surface area contributed by atoms with Crippen LogP contribution in [0.5, 0.6) is 0 Å². The van der Waals surface area contributed by atoms with Crippen molar-refractivity contribution in [2.24, 2.45) is 46.3 Å². The van der Waals surface area contributed by atoms with E-state index in [4.69, 9.17) is 5.11 Å². The van der Waals surface area contributed by atoms with Gasteiger partial charge in [-0.15, -0.1) is 0 Å². The first-order valence-corrected chi connectivity index (χ1v) is 11.8. The predicted octanol–water partition coefficient (Wildman–Crippen LogP) is 3.45. The number of aliphatic hydroxyl groups is 3. The van der Waals surface area contributed by atoms with Gasteiger partial charge in [-0.2, -0.15) is 0 Å². The van der Waals surface area contributed by atoms with Crippen molar-refractivity contribution < 1.29 is 25.2 Å². The zero-order chi connectivity index (χ0) is 21.1. The van der Waals surface area contributed by atoms with Crippen molar-refractivity contribution in [2.45, 2.75) is 96.9 Å². The Bertz CT molecular complexity index is 637. The van der Waals surface area contributed by atoms with E-state index in [0.717, 1.165) is 44.9 Å². The SMILES string of the molecule is C[C@H](CCC(=O)O)[C@H]1CC[C@@H]2[C@H]3[C@H](O)C[C@H]4C[C@H](O)CC[C@]4(C)[C@H]3C[C@H](O)[C@@]21C. The average molecular weight is 409 g/mol. The average Bonchev–Trinajstić information content (AvgIpc) is 3.01. The molecular formula is C24H40O5. The second-order valence-corrected chi connectivity index (χ2v) is 11.4. The third kappa shape index (κ3) is 3.27. The fourth-order valence-corrected chi connectivity index (χ4v) is 8.68. The van der Waals surface area contributed by atoms with Gasteiger partial charge < -0.3 is 20.4 Å². The first-order valence-electron chi connectivity index (χ1n) is 11.8. The van der Waals surface area contributed by atoms with E-state index < -0.39 is 12.1 Å². The highest BCUT2D eigenvalue weighted by atomic mass is 16.4. The Morgan fingerprint density at radius 2 is 1.76 bits per heavy atom. The molecule has 5 heteroatoms. The third-order valence-electron chi connectivity index (χ3n) is 10.3. The molecule has 0 aromatic heterocycles. The highest BCUT2D eigenvalue weighted by molar-refractivity contribution is 5.66. The molecule has 4 aliphatic carbocycles. The number of carboxylic acids is 1. The molecule has 4 saturated carbocycles. The van der Waals surface area contributed by atoms with E-state index in [-0.39, 0.29) is 41.3 Å². The fraction of sp³-hybridized carbons (Fsp3) is 0.958. The molecule has 5 nitrogen and oxygen atoms in total. The standard InChI is InChI=1S/C24H40O5/c1-13(4-7-21(28)29)16-5-6-17-22-18(12-20(27)24(16,17)3)23(2)9-8-15(25)10-14(23)11-19(22)26/h13-20,22,25-27H,4-12H2,1-3H3,(H,28,29)/t13-,14-,15-,16-,17-,18+,19-,20+,22-,23+,24-/m1/s1. The number of rotatable bonds is 4. The summed E-state index contributed by atoms with van der Waals surface area (Å²) in [5.41, 5.74) is -0.143. The lowest BCUT2D eigenvalue weighted by molar-refractivity contribution is -0.207. The minimum absolute atomic E-state index is 0.0957. The van der Waals surface area contributed by atoms with E-state index in [1.165, 1.54) is 0 Å². The maximum atomic E-state index is 11.5. The summed E-state index contributed by atoms with van der Waals surface area (Å²) in [6.45, 7) is 6.72. The van der Waals surface area contributed by atoms with Gasteiger partial charge in [0.1, 0.15) is 0 Å². The van der Waals surface area contributed by atoms with E-state index in [9.17, 15) is 20.1 Å². The summed E-state index contributed by atoms with van der Waals surface area (Å²) in [6, 6.07) is 0. The second kappa shape index (κ2) is 7.49. The molecule has 29 heavy (non-hydrogen) atoms. The zero-order valence-electron chi connectivity index (χ0n) is 18.3. The van der Waals surface area contributed by atoms with Gasteiger partial charge in [0.2, 0.25) is 0 Å². The molecule has 4 rings (SSSR count). The molecule has 0 heterocycles. The summed E-state index contributed by atoms with van der Waals surface area (Å²) in [7, 11) is 0. The van der Waals surface area contributed by atoms with Crippen LogP contribution in [0.15, 0.2) is 0 Å². The van der Waals surface area contributed by atoms with Crippen molar-refractivity contribution in [2.75, 3.05) is 0 Å². The van der Waals surface area contributed by atoms with Gasteiger partial charge in [-0.3, -0.25) is 4.79 Å². The number of hydrogen-bond donors (Lipinski definition) is 4. The van der Waals surface area contributed by atoms with Gasteiger partial charge in [0.15, 0.2) is 0 Å². The van der Waals surface area contributed by atoms with Crippen LogP contribution in [0.3, 0.4) is 0 Å². The summed E-state index contributed by atoms with van der Waals surface area (Å²) in [5.74, 6) is 0.997. The molecule has 0 bridgehead atoms. The Kier molecular flexibility index (Phi) is 5.57. The molecule has 0 aliphatic heterocycles. The van der Waals surface area contributed by atoms with Crippen molar-refractivity contribution >= 4 is 5.97 Å². The van der Waals surface area contributed by atoms with Crippen molar-refractivity contribution in [1.29, 1.82) is 0 Å². The minimum Gasteiger partial charge on any atom is -0.481 e. The molecule has 166 valence electrons. The first-order chi connectivity index (χ1) is 13.6. The van der Waals surface area contributed by atoms with Crippen molar-refractivity contribution in [3.63, 3.8) is 0 Å². The fourth-order valence-electron chi connectivity index (χ4n) is 8.68. The monoisotopic (exact) mass is 408 g/mol. The van der Waals surface area contributed by atoms with E-state index in [1.54, 1.807) is 0 Å². The van der Waals surface area contributed by atoms with Crippen LogP contribution < -0.4 is 0 Å². The maximum absolute atomic E-state index is 11.5. The highest BCUT2D eigenvalue weighted by Crippen LogP contribution is 2.68. The van der Waals surface area contributed by atoms with Crippen molar-refractivity contribution in [1.82, 2.24) is 0 Å². The topological polar surface area (TPSA) is 98.0 Å². The van der Waals surface area contributed by atoms with Crippen LogP contribution in [-0.2, 0) is 4.79 Å².